The number of ketones is 1. The van der Waals surface area contributed by atoms with Crippen molar-refractivity contribution in [1.29, 1.82) is 5.41 Å². The van der Waals surface area contributed by atoms with Gasteiger partial charge in [-0.3, -0.25) is 10.2 Å². The maximum absolute atomic E-state index is 13.6. The smallest absolute Gasteiger partial charge is 0.491 e. The lowest BCUT2D eigenvalue weighted by molar-refractivity contribution is -0.189. The molecule has 0 fully saturated rings. The van der Waals surface area contributed by atoms with Crippen LogP contribution in [0.2, 0.25) is 0 Å². The zero-order chi connectivity index (χ0) is 31.2. The van der Waals surface area contributed by atoms with Crippen LogP contribution < -0.4 is 9.47 Å². The summed E-state index contributed by atoms with van der Waals surface area (Å²) in [5, 5.41) is 18.2. The second-order valence-corrected chi connectivity index (χ2v) is 11.9. The first-order chi connectivity index (χ1) is 18.7. The van der Waals surface area contributed by atoms with Gasteiger partial charge in [0.05, 0.1) is 13.2 Å². The van der Waals surface area contributed by atoms with E-state index in [9.17, 15) is 32.7 Å². The van der Waals surface area contributed by atoms with Crippen LogP contribution >= 0.6 is 0 Å². The number of pyridine rings is 1. The fourth-order valence-corrected chi connectivity index (χ4v) is 4.56. The summed E-state index contributed by atoms with van der Waals surface area (Å²) in [4.78, 5) is 42.9. The number of nitrogens with zero attached hydrogens (tertiary/aromatic N) is 2. The summed E-state index contributed by atoms with van der Waals surface area (Å²) in [5.41, 5.74) is -0.0689. The summed E-state index contributed by atoms with van der Waals surface area (Å²) in [7, 11) is 0. The van der Waals surface area contributed by atoms with Gasteiger partial charge in [-0.25, -0.2) is 14.6 Å². The van der Waals surface area contributed by atoms with Crippen molar-refractivity contribution in [1.82, 2.24) is 9.88 Å². The van der Waals surface area contributed by atoms with E-state index in [4.69, 9.17) is 14.9 Å². The number of rotatable bonds is 7. The lowest BCUT2D eigenvalue weighted by Crippen LogP contribution is -2.32. The molecule has 41 heavy (non-hydrogen) atoms. The first kappa shape index (κ1) is 31.6. The Labute approximate surface area is 236 Å². The number of amidine groups is 1. The first-order valence-electron chi connectivity index (χ1n) is 12.9. The van der Waals surface area contributed by atoms with Gasteiger partial charge in [0.1, 0.15) is 17.3 Å². The largest absolute Gasteiger partial charge is 0.491 e. The number of Topliss-reactive ketones (excluding diaryl/α,β-unsaturated/α-hetero) is 1. The highest BCUT2D eigenvalue weighted by Crippen LogP contribution is 2.42. The van der Waals surface area contributed by atoms with E-state index in [2.05, 4.69) is 4.98 Å². The molecule has 1 aliphatic rings. The second kappa shape index (κ2) is 10.8. The lowest BCUT2D eigenvalue weighted by atomic mass is 9.78. The van der Waals surface area contributed by atoms with Crippen molar-refractivity contribution in [3.63, 3.8) is 0 Å². The highest BCUT2D eigenvalue weighted by Gasteiger charge is 2.43. The number of carboxylic acid groups (broad SMARTS) is 1. The summed E-state index contributed by atoms with van der Waals surface area (Å²) in [6, 6.07) is 2.84. The maximum Gasteiger partial charge on any atom is 0.491 e. The third-order valence-electron chi connectivity index (χ3n) is 6.69. The number of halogens is 3. The molecule has 0 aliphatic carbocycles. The number of carboxylic acids is 1. The van der Waals surface area contributed by atoms with Crippen molar-refractivity contribution in [2.45, 2.75) is 78.9 Å². The number of hydrogen-bond donors (Lipinski definition) is 2. The predicted molar refractivity (Wildman–Crippen MR) is 144 cm³/mol. The number of aromatic nitrogens is 1. The average Bonchev–Trinajstić information content (AvgIpc) is 3.13. The molecule has 12 heteroatoms. The van der Waals surface area contributed by atoms with Crippen molar-refractivity contribution >= 4 is 23.6 Å². The Bertz CT molecular complexity index is 1400. The van der Waals surface area contributed by atoms with E-state index in [0.717, 1.165) is 0 Å². The molecule has 1 aromatic heterocycles. The van der Waals surface area contributed by atoms with E-state index in [-0.39, 0.29) is 65.1 Å². The number of alkyl halides is 3. The van der Waals surface area contributed by atoms with Crippen molar-refractivity contribution in [3.05, 3.63) is 51.3 Å². The Hall–Kier alpha value is -3.96. The van der Waals surface area contributed by atoms with E-state index in [0.29, 0.717) is 11.1 Å². The van der Waals surface area contributed by atoms with Gasteiger partial charge < -0.3 is 19.5 Å². The van der Waals surface area contributed by atoms with Gasteiger partial charge in [-0.2, -0.15) is 13.2 Å². The summed E-state index contributed by atoms with van der Waals surface area (Å²) in [5.74, 6) is -4.37. The molecule has 222 valence electrons. The number of aromatic carboxylic acids is 1. The molecule has 0 unspecified atom stereocenters. The Morgan fingerprint density at radius 1 is 1.02 bits per heavy atom. The number of esters is 1. The summed E-state index contributed by atoms with van der Waals surface area (Å²) < 4.78 is 49.9. The number of nitrogens with one attached hydrogen (secondary N) is 1. The predicted octanol–water partition coefficient (Wildman–Crippen LogP) is 5.57. The zero-order valence-electron chi connectivity index (χ0n) is 24.3. The van der Waals surface area contributed by atoms with Crippen molar-refractivity contribution < 1.29 is 42.1 Å². The number of hydrogen-bond acceptors (Lipinski definition) is 7. The van der Waals surface area contributed by atoms with Crippen LogP contribution in [0.1, 0.15) is 97.3 Å². The fraction of sp³-hybridized carbons (Fsp3) is 0.483. The minimum Gasteiger partial charge on any atom is -0.491 e. The standard InChI is InChI=1S/C29H34F3N3O6/c1-9-40-22-14(2)16-12-35(24(33)20(16)34-21(22)25(37)38)13-19(36)15-10-17(27(3,4)5)23(18(11-15)28(6,7)8)41-26(39)29(30,31)32/h10-11,33H,9,12-13H2,1-8H3,(H,37,38). The second-order valence-electron chi connectivity index (χ2n) is 11.9. The minimum atomic E-state index is -5.21. The number of fused-ring (bicyclic) bond motifs is 1. The van der Waals surface area contributed by atoms with Crippen molar-refractivity contribution in [2.75, 3.05) is 13.2 Å². The number of benzene rings is 1. The third kappa shape index (κ3) is 6.36. The van der Waals surface area contributed by atoms with E-state index >= 15 is 0 Å². The van der Waals surface area contributed by atoms with Crippen molar-refractivity contribution in [2.24, 2.45) is 0 Å². The highest BCUT2D eigenvalue weighted by molar-refractivity contribution is 6.05. The van der Waals surface area contributed by atoms with Crippen LogP contribution in [-0.2, 0) is 22.2 Å². The van der Waals surface area contributed by atoms with Gasteiger partial charge in [0, 0.05) is 34.4 Å². The number of ether oxygens (including phenoxy) is 2. The van der Waals surface area contributed by atoms with Crippen molar-refractivity contribution in [3.8, 4) is 11.5 Å². The molecule has 2 aromatic rings. The fourth-order valence-electron chi connectivity index (χ4n) is 4.56. The minimum absolute atomic E-state index is 0.105. The monoisotopic (exact) mass is 577 g/mol. The van der Waals surface area contributed by atoms with E-state index in [1.165, 1.54) is 17.0 Å². The molecular formula is C29H34F3N3O6. The summed E-state index contributed by atoms with van der Waals surface area (Å²) >= 11 is 0. The molecular weight excluding hydrogens is 543 g/mol. The number of carbonyl (C=O) groups excluding carboxylic acids is 2. The van der Waals surface area contributed by atoms with Crippen LogP contribution in [0, 0.1) is 12.3 Å². The Morgan fingerprint density at radius 2 is 1.56 bits per heavy atom. The van der Waals surface area contributed by atoms with E-state index < -0.39 is 34.7 Å². The molecule has 0 atom stereocenters. The molecule has 2 N–H and O–H groups in total. The van der Waals surface area contributed by atoms with Gasteiger partial charge in [-0.1, -0.05) is 41.5 Å². The molecule has 2 heterocycles. The quantitative estimate of drug-likeness (QED) is 0.248. The van der Waals surface area contributed by atoms with Crippen LogP contribution in [-0.4, -0.2) is 57.9 Å². The topological polar surface area (TPSA) is 130 Å². The molecule has 0 spiro atoms. The van der Waals surface area contributed by atoms with Gasteiger partial charge in [0.2, 0.25) is 0 Å². The lowest BCUT2D eigenvalue weighted by Gasteiger charge is -2.30. The first-order valence-corrected chi connectivity index (χ1v) is 12.9. The average molecular weight is 578 g/mol. The van der Waals surface area contributed by atoms with Gasteiger partial charge in [-0.15, -0.1) is 0 Å². The molecule has 1 aromatic carbocycles. The molecule has 3 rings (SSSR count). The normalized spacial score (nSPS) is 13.7. The highest BCUT2D eigenvalue weighted by atomic mass is 19.4. The van der Waals surface area contributed by atoms with E-state index in [1.807, 2.05) is 0 Å². The molecule has 0 amide bonds. The van der Waals surface area contributed by atoms with Crippen LogP contribution in [0.5, 0.6) is 11.5 Å². The van der Waals surface area contributed by atoms with Crippen LogP contribution in [0.4, 0.5) is 13.2 Å². The van der Waals surface area contributed by atoms with E-state index in [1.54, 1.807) is 55.4 Å². The van der Waals surface area contributed by atoms with Gasteiger partial charge in [-0.05, 0) is 36.8 Å². The Morgan fingerprint density at radius 3 is 2.00 bits per heavy atom. The van der Waals surface area contributed by atoms with Gasteiger partial charge in [0.15, 0.2) is 17.2 Å². The molecule has 0 saturated heterocycles. The Balaban J connectivity index is 2.06. The molecule has 0 radical (unpaired) electrons. The Kier molecular flexibility index (Phi) is 8.31. The van der Waals surface area contributed by atoms with Gasteiger partial charge in [0.25, 0.3) is 0 Å². The number of carbonyl (C=O) groups is 3. The molecule has 9 nitrogen and oxygen atoms in total. The SMILES string of the molecule is CCOc1c(C(=O)O)nc2c(c1C)CN(CC(=O)c1cc(C(C)(C)C)c(OC(=O)C(F)(F)F)c(C(C)(C)C)c1)C2=N. The zero-order valence-corrected chi connectivity index (χ0v) is 24.3. The van der Waals surface area contributed by atoms with Crippen LogP contribution in [0.3, 0.4) is 0 Å². The summed E-state index contributed by atoms with van der Waals surface area (Å²) in [6.07, 6.45) is -5.21. The third-order valence-corrected chi connectivity index (χ3v) is 6.69. The van der Waals surface area contributed by atoms with Crippen LogP contribution in [0.15, 0.2) is 12.1 Å². The van der Waals surface area contributed by atoms with Crippen LogP contribution in [0.25, 0.3) is 0 Å². The molecule has 1 aliphatic heterocycles. The molecule has 0 bridgehead atoms. The van der Waals surface area contributed by atoms with Gasteiger partial charge >= 0.3 is 18.1 Å². The molecule has 0 saturated carbocycles. The summed E-state index contributed by atoms with van der Waals surface area (Å²) in [6.45, 7) is 13.8. The maximum atomic E-state index is 13.6.